The lowest BCUT2D eigenvalue weighted by Gasteiger charge is -2.37. The maximum atomic E-state index is 12.3. The summed E-state index contributed by atoms with van der Waals surface area (Å²) in [7, 11) is 1.46. The first kappa shape index (κ1) is 18.8. The fraction of sp³-hybridized carbons (Fsp3) is 0.857. The van der Waals surface area contributed by atoms with Crippen LogP contribution in [0, 0.1) is 0 Å². The van der Waals surface area contributed by atoms with Crippen LogP contribution in [0.1, 0.15) is 12.8 Å². The minimum Gasteiger partial charge on any atom is -0.382 e. The number of alkyl halides is 3. The number of hydrogen-bond acceptors (Lipinski definition) is 4. The molecule has 2 N–H and O–H groups in total. The molecule has 0 aromatic heterocycles. The Morgan fingerprint density at radius 1 is 1.33 bits per heavy atom. The summed E-state index contributed by atoms with van der Waals surface area (Å²) in [6.45, 7) is 1.78. The Bertz CT molecular complexity index is 459. The van der Waals surface area contributed by atoms with Crippen LogP contribution in [0.2, 0.25) is 0 Å². The molecular weight excluding hydrogens is 329 g/mol. The number of aliphatic hydroxyl groups is 1. The Hall–Kier alpha value is -1.55. The quantitative estimate of drug-likeness (QED) is 0.544. The van der Waals surface area contributed by atoms with Crippen molar-refractivity contribution in [1.82, 2.24) is 15.1 Å². The van der Waals surface area contributed by atoms with Crippen LogP contribution in [0.4, 0.5) is 13.2 Å². The van der Waals surface area contributed by atoms with Gasteiger partial charge in [0.05, 0.1) is 6.54 Å². The number of aliphatic imine (C=N–C) groups is 1. The number of halogens is 3. The molecule has 0 saturated carbocycles. The third-order valence-corrected chi connectivity index (χ3v) is 4.14. The normalized spacial score (nSPS) is 24.2. The third kappa shape index (κ3) is 4.73. The van der Waals surface area contributed by atoms with Crippen molar-refractivity contribution in [3.8, 4) is 0 Å². The summed E-state index contributed by atoms with van der Waals surface area (Å²) in [5, 5.41) is 11.6. The van der Waals surface area contributed by atoms with E-state index in [2.05, 4.69) is 10.3 Å². The molecule has 0 bridgehead atoms. The van der Waals surface area contributed by atoms with E-state index in [4.69, 9.17) is 9.84 Å². The van der Waals surface area contributed by atoms with E-state index in [-0.39, 0.29) is 18.0 Å². The number of carbonyl (C=O) groups excluding carboxylic acids is 1. The Morgan fingerprint density at radius 3 is 2.46 bits per heavy atom. The molecule has 0 radical (unpaired) electrons. The molecule has 24 heavy (non-hydrogen) atoms. The van der Waals surface area contributed by atoms with Crippen molar-refractivity contribution < 1.29 is 27.8 Å². The largest absolute Gasteiger partial charge is 0.416 e. The van der Waals surface area contributed by atoms with E-state index >= 15 is 0 Å². The first-order valence-corrected chi connectivity index (χ1v) is 7.93. The highest BCUT2D eigenvalue weighted by Crippen LogP contribution is 2.19. The van der Waals surface area contributed by atoms with E-state index in [1.54, 1.807) is 9.80 Å². The van der Waals surface area contributed by atoms with Gasteiger partial charge in [-0.1, -0.05) is 0 Å². The molecule has 2 fully saturated rings. The van der Waals surface area contributed by atoms with Gasteiger partial charge in [0.1, 0.15) is 6.10 Å². The molecule has 0 aromatic rings. The van der Waals surface area contributed by atoms with E-state index in [9.17, 15) is 18.0 Å². The average Bonchev–Trinajstić information content (AvgIpc) is 3.08. The molecule has 7 nitrogen and oxygen atoms in total. The number of rotatable bonds is 3. The molecular formula is C14H23F3N4O3. The van der Waals surface area contributed by atoms with Crippen LogP contribution in [0.3, 0.4) is 0 Å². The van der Waals surface area contributed by atoms with E-state index in [1.807, 2.05) is 0 Å². The van der Waals surface area contributed by atoms with Gasteiger partial charge < -0.3 is 25.0 Å². The first-order valence-electron chi connectivity index (χ1n) is 7.93. The molecule has 0 aliphatic carbocycles. The summed E-state index contributed by atoms with van der Waals surface area (Å²) >= 11 is 0. The summed E-state index contributed by atoms with van der Waals surface area (Å²) < 4.78 is 42.4. The molecule has 138 valence electrons. The predicted molar refractivity (Wildman–Crippen MR) is 80.6 cm³/mol. The van der Waals surface area contributed by atoms with Gasteiger partial charge in [-0.2, -0.15) is 13.2 Å². The molecule has 0 aromatic carbocycles. The van der Waals surface area contributed by atoms with Crippen molar-refractivity contribution in [1.29, 1.82) is 0 Å². The fourth-order valence-electron chi connectivity index (χ4n) is 2.75. The minimum atomic E-state index is -4.67. The van der Waals surface area contributed by atoms with E-state index in [0.29, 0.717) is 32.8 Å². The number of carbonyl (C=O) groups is 1. The lowest BCUT2D eigenvalue weighted by Crippen LogP contribution is -2.56. The molecule has 1 amide bonds. The average molecular weight is 352 g/mol. The molecule has 2 aliphatic rings. The first-order chi connectivity index (χ1) is 11.3. The van der Waals surface area contributed by atoms with Crippen LogP contribution in [-0.2, 0) is 9.53 Å². The lowest BCUT2D eigenvalue weighted by molar-refractivity contribution is -0.201. The van der Waals surface area contributed by atoms with Crippen LogP contribution in [0.15, 0.2) is 4.99 Å². The van der Waals surface area contributed by atoms with Crippen LogP contribution in [-0.4, -0.2) is 91.5 Å². The van der Waals surface area contributed by atoms with E-state index in [0.717, 1.165) is 12.8 Å². The molecule has 2 atom stereocenters. The SMILES string of the molecule is CN=C(NCC(O)C(F)(F)F)N1CCN(C(=O)C2CCCO2)CC1. The highest BCUT2D eigenvalue weighted by Gasteiger charge is 2.38. The zero-order chi connectivity index (χ0) is 17.7. The van der Waals surface area contributed by atoms with Crippen molar-refractivity contribution in [2.75, 3.05) is 46.4 Å². The molecule has 2 unspecified atom stereocenters. The van der Waals surface area contributed by atoms with Crippen molar-refractivity contribution in [2.45, 2.75) is 31.2 Å². The number of ether oxygens (including phenoxy) is 1. The molecule has 10 heteroatoms. The number of aliphatic hydroxyl groups excluding tert-OH is 1. The van der Waals surface area contributed by atoms with Crippen molar-refractivity contribution in [2.24, 2.45) is 4.99 Å². The second-order valence-electron chi connectivity index (χ2n) is 5.80. The Morgan fingerprint density at radius 2 is 1.96 bits per heavy atom. The molecule has 2 heterocycles. The summed E-state index contributed by atoms with van der Waals surface area (Å²) in [4.78, 5) is 19.7. The fourth-order valence-corrected chi connectivity index (χ4v) is 2.75. The van der Waals surface area contributed by atoms with Crippen molar-refractivity contribution >= 4 is 11.9 Å². The number of nitrogens with one attached hydrogen (secondary N) is 1. The number of hydrogen-bond donors (Lipinski definition) is 2. The van der Waals surface area contributed by atoms with Crippen LogP contribution >= 0.6 is 0 Å². The zero-order valence-electron chi connectivity index (χ0n) is 13.6. The highest BCUT2D eigenvalue weighted by molar-refractivity contribution is 5.82. The van der Waals surface area contributed by atoms with Gasteiger partial charge in [0, 0.05) is 39.8 Å². The van der Waals surface area contributed by atoms with Gasteiger partial charge in [-0.3, -0.25) is 9.79 Å². The Labute approximate surface area is 138 Å². The highest BCUT2D eigenvalue weighted by atomic mass is 19.4. The zero-order valence-corrected chi connectivity index (χ0v) is 13.6. The lowest BCUT2D eigenvalue weighted by atomic mass is 10.2. The van der Waals surface area contributed by atoms with Gasteiger partial charge in [0.15, 0.2) is 12.1 Å². The third-order valence-electron chi connectivity index (χ3n) is 4.14. The monoisotopic (exact) mass is 352 g/mol. The summed E-state index contributed by atoms with van der Waals surface area (Å²) in [6, 6.07) is 0. The van der Waals surface area contributed by atoms with Crippen molar-refractivity contribution in [3.05, 3.63) is 0 Å². The topological polar surface area (TPSA) is 77.4 Å². The number of nitrogens with zero attached hydrogens (tertiary/aromatic N) is 3. The van der Waals surface area contributed by atoms with Crippen molar-refractivity contribution in [3.63, 3.8) is 0 Å². The smallest absolute Gasteiger partial charge is 0.382 e. The summed E-state index contributed by atoms with van der Waals surface area (Å²) in [5.41, 5.74) is 0. The summed E-state index contributed by atoms with van der Waals surface area (Å²) in [6.07, 6.45) is -5.86. The van der Waals surface area contributed by atoms with Gasteiger partial charge in [-0.25, -0.2) is 0 Å². The molecule has 2 saturated heterocycles. The molecule has 2 rings (SSSR count). The van der Waals surface area contributed by atoms with Gasteiger partial charge in [0.25, 0.3) is 5.91 Å². The standard InChI is InChI=1S/C14H23F3N4O3/c1-18-13(19-9-11(22)14(15,16)17)21-6-4-20(5-7-21)12(23)10-3-2-8-24-10/h10-11,22H,2-9H2,1H3,(H,18,19). The van der Waals surface area contributed by atoms with Gasteiger partial charge in [-0.05, 0) is 12.8 Å². The Balaban J connectivity index is 1.80. The number of piperazine rings is 1. The van der Waals surface area contributed by atoms with Crippen LogP contribution < -0.4 is 5.32 Å². The van der Waals surface area contributed by atoms with Gasteiger partial charge in [0.2, 0.25) is 0 Å². The molecule has 0 spiro atoms. The van der Waals surface area contributed by atoms with Crippen LogP contribution in [0.25, 0.3) is 0 Å². The van der Waals surface area contributed by atoms with E-state index < -0.39 is 18.8 Å². The summed E-state index contributed by atoms with van der Waals surface area (Å²) in [5.74, 6) is 0.255. The van der Waals surface area contributed by atoms with E-state index in [1.165, 1.54) is 7.05 Å². The van der Waals surface area contributed by atoms with Crippen LogP contribution in [0.5, 0.6) is 0 Å². The predicted octanol–water partition coefficient (Wildman–Crippen LogP) is -0.192. The van der Waals surface area contributed by atoms with Gasteiger partial charge in [-0.15, -0.1) is 0 Å². The number of guanidine groups is 1. The Kier molecular flexibility index (Phi) is 6.27. The maximum absolute atomic E-state index is 12.3. The second kappa shape index (κ2) is 8.02. The minimum absolute atomic E-state index is 0.0254. The maximum Gasteiger partial charge on any atom is 0.416 e. The van der Waals surface area contributed by atoms with Gasteiger partial charge >= 0.3 is 6.18 Å². The second-order valence-corrected chi connectivity index (χ2v) is 5.80. The molecule has 2 aliphatic heterocycles. The number of amides is 1.